The van der Waals surface area contributed by atoms with Crippen LogP contribution in [0.4, 0.5) is 4.39 Å². The first kappa shape index (κ1) is 20.0. The summed E-state index contributed by atoms with van der Waals surface area (Å²) in [5, 5.41) is 8.34. The third kappa shape index (κ3) is 4.75. The van der Waals surface area contributed by atoms with E-state index in [-0.39, 0.29) is 29.9 Å². The molecule has 8 nitrogen and oxygen atoms in total. The van der Waals surface area contributed by atoms with E-state index in [0.717, 1.165) is 11.3 Å². The van der Waals surface area contributed by atoms with Crippen LogP contribution in [0, 0.1) is 19.7 Å². The Morgan fingerprint density at radius 2 is 2.25 bits per heavy atom. The quantitative estimate of drug-likeness (QED) is 0.577. The summed E-state index contributed by atoms with van der Waals surface area (Å²) in [7, 11) is -3.01. The summed E-state index contributed by atoms with van der Waals surface area (Å²) in [4.78, 5) is 11.8. The third-order valence-corrected chi connectivity index (χ3v) is 6.23. The molecular weight excluding hydrogens is 387 g/mol. The average molecular weight is 408 g/mol. The first-order valence-corrected chi connectivity index (χ1v) is 10.5. The number of hydrazone groups is 1. The Kier molecular flexibility index (Phi) is 5.78. The predicted molar refractivity (Wildman–Crippen MR) is 102 cm³/mol. The van der Waals surface area contributed by atoms with Gasteiger partial charge < -0.3 is 4.74 Å². The SMILES string of the molecule is Cc1nn([C@@H]2CCS(=O)(=O)C2)c(C)c1/C=N\NC(=O)COc1cccc(F)c1. The molecule has 10 heteroatoms. The normalized spacial score (nSPS) is 18.5. The van der Waals surface area contributed by atoms with Crippen LogP contribution in [-0.2, 0) is 14.6 Å². The smallest absolute Gasteiger partial charge is 0.277 e. The molecule has 0 unspecified atom stereocenters. The number of hydrogen-bond donors (Lipinski definition) is 1. The Morgan fingerprint density at radius 3 is 2.93 bits per heavy atom. The highest BCUT2D eigenvalue weighted by molar-refractivity contribution is 7.91. The van der Waals surface area contributed by atoms with E-state index in [4.69, 9.17) is 4.74 Å². The fourth-order valence-electron chi connectivity index (χ4n) is 3.09. The molecule has 1 fully saturated rings. The number of aryl methyl sites for hydroxylation is 1. The molecule has 0 radical (unpaired) electrons. The lowest BCUT2D eigenvalue weighted by atomic mass is 10.2. The van der Waals surface area contributed by atoms with E-state index in [2.05, 4.69) is 15.6 Å². The van der Waals surface area contributed by atoms with Gasteiger partial charge in [-0.25, -0.2) is 18.2 Å². The first-order chi connectivity index (χ1) is 13.2. The van der Waals surface area contributed by atoms with Gasteiger partial charge in [0.05, 0.1) is 29.5 Å². The fraction of sp³-hybridized carbons (Fsp3) is 0.389. The number of amides is 1. The van der Waals surface area contributed by atoms with Gasteiger partial charge >= 0.3 is 0 Å². The molecule has 2 heterocycles. The largest absolute Gasteiger partial charge is 0.484 e. The summed E-state index contributed by atoms with van der Waals surface area (Å²) in [5.41, 5.74) is 4.54. The predicted octanol–water partition coefficient (Wildman–Crippen LogP) is 1.53. The molecule has 1 atom stereocenters. The zero-order chi connectivity index (χ0) is 20.3. The van der Waals surface area contributed by atoms with Gasteiger partial charge in [-0.2, -0.15) is 10.2 Å². The number of halogens is 1. The van der Waals surface area contributed by atoms with Crippen molar-refractivity contribution in [2.45, 2.75) is 26.3 Å². The lowest BCUT2D eigenvalue weighted by Gasteiger charge is -2.10. The van der Waals surface area contributed by atoms with Crippen LogP contribution in [0.1, 0.15) is 29.4 Å². The van der Waals surface area contributed by atoms with Crippen LogP contribution in [0.2, 0.25) is 0 Å². The van der Waals surface area contributed by atoms with Crippen molar-refractivity contribution >= 4 is 22.0 Å². The molecule has 150 valence electrons. The zero-order valence-corrected chi connectivity index (χ0v) is 16.4. The molecule has 1 aromatic heterocycles. The number of carbonyl (C=O) groups excluding carboxylic acids is 1. The van der Waals surface area contributed by atoms with Gasteiger partial charge in [-0.3, -0.25) is 9.48 Å². The number of hydrogen-bond acceptors (Lipinski definition) is 6. The van der Waals surface area contributed by atoms with Crippen molar-refractivity contribution in [1.82, 2.24) is 15.2 Å². The maximum absolute atomic E-state index is 13.1. The van der Waals surface area contributed by atoms with Gasteiger partial charge in [0.1, 0.15) is 11.6 Å². The lowest BCUT2D eigenvalue weighted by molar-refractivity contribution is -0.123. The van der Waals surface area contributed by atoms with Gasteiger partial charge in [0.15, 0.2) is 16.4 Å². The van der Waals surface area contributed by atoms with Gasteiger partial charge in [-0.05, 0) is 32.4 Å². The van der Waals surface area contributed by atoms with Gasteiger partial charge in [0.25, 0.3) is 5.91 Å². The maximum Gasteiger partial charge on any atom is 0.277 e. The van der Waals surface area contributed by atoms with Crippen LogP contribution < -0.4 is 10.2 Å². The molecule has 0 bridgehead atoms. The highest BCUT2D eigenvalue weighted by Gasteiger charge is 2.31. The highest BCUT2D eigenvalue weighted by Crippen LogP contribution is 2.26. The molecule has 1 saturated heterocycles. The summed E-state index contributed by atoms with van der Waals surface area (Å²) >= 11 is 0. The van der Waals surface area contributed by atoms with Crippen LogP contribution in [0.3, 0.4) is 0 Å². The molecule has 0 saturated carbocycles. The van der Waals surface area contributed by atoms with Crippen LogP contribution >= 0.6 is 0 Å². The Bertz CT molecular complexity index is 1020. The van der Waals surface area contributed by atoms with Crippen LogP contribution in [0.5, 0.6) is 5.75 Å². The Balaban J connectivity index is 1.59. The molecular formula is C18H21FN4O4S. The molecule has 0 spiro atoms. The number of benzene rings is 1. The van der Waals surface area contributed by atoms with E-state index in [1.165, 1.54) is 24.4 Å². The summed E-state index contributed by atoms with van der Waals surface area (Å²) < 4.78 is 43.4. The second-order valence-corrected chi connectivity index (χ2v) is 8.85. The number of nitrogens with zero attached hydrogens (tertiary/aromatic N) is 3. The minimum atomic E-state index is -3.01. The van der Waals surface area contributed by atoms with E-state index in [9.17, 15) is 17.6 Å². The minimum absolute atomic E-state index is 0.0830. The minimum Gasteiger partial charge on any atom is -0.484 e. The molecule has 1 N–H and O–H groups in total. The van der Waals surface area contributed by atoms with Crippen LogP contribution in [0.25, 0.3) is 0 Å². The van der Waals surface area contributed by atoms with Gasteiger partial charge in [0, 0.05) is 17.3 Å². The van der Waals surface area contributed by atoms with Crippen molar-refractivity contribution < 1.29 is 22.3 Å². The van der Waals surface area contributed by atoms with Gasteiger partial charge in [-0.15, -0.1) is 0 Å². The second kappa shape index (κ2) is 8.09. The first-order valence-electron chi connectivity index (χ1n) is 8.71. The molecule has 1 amide bonds. The van der Waals surface area contributed by atoms with Crippen molar-refractivity contribution in [2.24, 2.45) is 5.10 Å². The summed E-state index contributed by atoms with van der Waals surface area (Å²) in [6.07, 6.45) is 2.01. The second-order valence-electron chi connectivity index (χ2n) is 6.63. The molecule has 1 aliphatic heterocycles. The van der Waals surface area contributed by atoms with E-state index in [1.54, 1.807) is 17.7 Å². The fourth-order valence-corrected chi connectivity index (χ4v) is 4.79. The lowest BCUT2D eigenvalue weighted by Crippen LogP contribution is -2.24. The van der Waals surface area contributed by atoms with Crippen molar-refractivity contribution in [3.8, 4) is 5.75 Å². The Morgan fingerprint density at radius 1 is 1.46 bits per heavy atom. The standard InChI is InChI=1S/C18H21FN4O4S/c1-12-17(13(2)23(22-12)15-6-7-28(25,26)11-15)9-20-21-18(24)10-27-16-5-3-4-14(19)8-16/h3-5,8-9,15H,6-7,10-11H2,1-2H3,(H,21,24)/b20-9-/t15-/m1/s1. The number of nitrogens with one attached hydrogen (secondary N) is 1. The maximum atomic E-state index is 13.1. The van der Waals surface area contributed by atoms with Gasteiger partial charge in [0.2, 0.25) is 0 Å². The number of aromatic nitrogens is 2. The Hall–Kier alpha value is -2.75. The van der Waals surface area contributed by atoms with Crippen LogP contribution in [-0.4, -0.2) is 48.4 Å². The summed E-state index contributed by atoms with van der Waals surface area (Å²) in [5.74, 6) is -0.446. The molecule has 2 aromatic rings. The Labute approximate surface area is 162 Å². The van der Waals surface area contributed by atoms with Crippen molar-refractivity contribution in [2.75, 3.05) is 18.1 Å². The monoisotopic (exact) mass is 408 g/mol. The molecule has 28 heavy (non-hydrogen) atoms. The number of sulfone groups is 1. The molecule has 0 aliphatic carbocycles. The van der Waals surface area contributed by atoms with Crippen molar-refractivity contribution in [1.29, 1.82) is 0 Å². The summed E-state index contributed by atoms with van der Waals surface area (Å²) in [6.45, 7) is 3.32. The van der Waals surface area contributed by atoms with E-state index < -0.39 is 21.6 Å². The molecule has 1 aromatic carbocycles. The average Bonchev–Trinajstić information content (AvgIpc) is 3.13. The zero-order valence-electron chi connectivity index (χ0n) is 15.6. The van der Waals surface area contributed by atoms with Crippen molar-refractivity contribution in [3.63, 3.8) is 0 Å². The van der Waals surface area contributed by atoms with Crippen LogP contribution in [0.15, 0.2) is 29.4 Å². The van der Waals surface area contributed by atoms with Gasteiger partial charge in [-0.1, -0.05) is 6.07 Å². The highest BCUT2D eigenvalue weighted by atomic mass is 32.2. The topological polar surface area (TPSA) is 103 Å². The number of rotatable bonds is 6. The third-order valence-electron chi connectivity index (χ3n) is 4.48. The van der Waals surface area contributed by atoms with Crippen molar-refractivity contribution in [3.05, 3.63) is 47.0 Å². The number of carbonyl (C=O) groups is 1. The molecule has 1 aliphatic rings. The van der Waals surface area contributed by atoms with E-state index in [1.807, 2.05) is 6.92 Å². The van der Waals surface area contributed by atoms with E-state index >= 15 is 0 Å². The number of ether oxygens (including phenoxy) is 1. The van der Waals surface area contributed by atoms with E-state index in [0.29, 0.717) is 12.1 Å². The summed E-state index contributed by atoms with van der Waals surface area (Å²) in [6, 6.07) is 5.31. The molecule has 3 rings (SSSR count).